The predicted octanol–water partition coefficient (Wildman–Crippen LogP) is 4.59. The molecular formula is C24H25N3OS. The summed E-state index contributed by atoms with van der Waals surface area (Å²) in [5, 5.41) is 0.913. The first-order valence-electron chi connectivity index (χ1n) is 9.97. The van der Waals surface area contributed by atoms with Crippen molar-refractivity contribution in [3.63, 3.8) is 0 Å². The highest BCUT2D eigenvalue weighted by Gasteiger charge is 2.25. The topological polar surface area (TPSA) is 36.4 Å². The molecule has 0 unspecified atom stereocenters. The number of amides is 1. The lowest BCUT2D eigenvalue weighted by molar-refractivity contribution is 0.0654. The molecule has 2 heterocycles. The zero-order chi connectivity index (χ0) is 20.1. The Morgan fingerprint density at radius 1 is 1.00 bits per heavy atom. The number of thiazole rings is 1. The molecule has 0 saturated carbocycles. The summed E-state index contributed by atoms with van der Waals surface area (Å²) in [4.78, 5) is 22.8. The molecule has 0 radical (unpaired) electrons. The Labute approximate surface area is 176 Å². The maximum atomic E-state index is 13.0. The summed E-state index contributed by atoms with van der Waals surface area (Å²) in [6.45, 7) is 6.16. The monoisotopic (exact) mass is 403 g/mol. The molecule has 0 spiro atoms. The molecule has 1 aliphatic heterocycles. The molecule has 3 aromatic rings. The van der Waals surface area contributed by atoms with E-state index in [9.17, 15) is 4.79 Å². The summed E-state index contributed by atoms with van der Waals surface area (Å²) >= 11 is 1.50. The molecule has 0 atom stereocenters. The lowest BCUT2D eigenvalue weighted by Gasteiger charge is -2.34. The number of hydrogen-bond donors (Lipinski definition) is 0. The summed E-state index contributed by atoms with van der Waals surface area (Å²) in [6, 6.07) is 20.4. The number of piperazine rings is 1. The van der Waals surface area contributed by atoms with Gasteiger partial charge in [-0.05, 0) is 12.5 Å². The van der Waals surface area contributed by atoms with E-state index in [0.29, 0.717) is 0 Å². The van der Waals surface area contributed by atoms with Gasteiger partial charge in [-0.1, -0.05) is 72.8 Å². The van der Waals surface area contributed by atoms with Crippen molar-refractivity contribution in [2.24, 2.45) is 0 Å². The van der Waals surface area contributed by atoms with Crippen LogP contribution >= 0.6 is 11.3 Å². The van der Waals surface area contributed by atoms with Crippen LogP contribution in [0.15, 0.2) is 66.7 Å². The third-order valence-corrected chi connectivity index (χ3v) is 6.34. The van der Waals surface area contributed by atoms with Crippen LogP contribution in [0.5, 0.6) is 0 Å². The molecule has 4 nitrogen and oxygen atoms in total. The zero-order valence-electron chi connectivity index (χ0n) is 16.6. The summed E-state index contributed by atoms with van der Waals surface area (Å²) in [6.07, 6.45) is 4.36. The first-order chi connectivity index (χ1) is 14.2. The smallest absolute Gasteiger partial charge is 0.265 e. The van der Waals surface area contributed by atoms with E-state index in [1.54, 1.807) is 0 Å². The van der Waals surface area contributed by atoms with Crippen LogP contribution in [0.4, 0.5) is 0 Å². The van der Waals surface area contributed by atoms with Gasteiger partial charge >= 0.3 is 0 Å². The summed E-state index contributed by atoms with van der Waals surface area (Å²) in [7, 11) is 0. The fourth-order valence-electron chi connectivity index (χ4n) is 3.48. The number of benzene rings is 2. The van der Waals surface area contributed by atoms with Gasteiger partial charge in [0.2, 0.25) is 0 Å². The Kier molecular flexibility index (Phi) is 6.17. The number of aryl methyl sites for hydroxylation is 1. The van der Waals surface area contributed by atoms with Crippen molar-refractivity contribution in [2.75, 3.05) is 32.7 Å². The molecule has 1 aliphatic rings. The van der Waals surface area contributed by atoms with E-state index >= 15 is 0 Å². The normalized spacial score (nSPS) is 15.1. The Morgan fingerprint density at radius 3 is 2.34 bits per heavy atom. The highest BCUT2D eigenvalue weighted by molar-refractivity contribution is 7.17. The van der Waals surface area contributed by atoms with Crippen molar-refractivity contribution in [1.82, 2.24) is 14.8 Å². The van der Waals surface area contributed by atoms with E-state index in [1.165, 1.54) is 16.9 Å². The molecule has 1 amide bonds. The molecule has 1 aromatic heterocycles. The van der Waals surface area contributed by atoms with Crippen LogP contribution in [0.3, 0.4) is 0 Å². The minimum Gasteiger partial charge on any atom is -0.335 e. The van der Waals surface area contributed by atoms with Gasteiger partial charge in [-0.25, -0.2) is 4.98 Å². The van der Waals surface area contributed by atoms with Gasteiger partial charge in [0.15, 0.2) is 0 Å². The van der Waals surface area contributed by atoms with Crippen LogP contribution in [0, 0.1) is 6.92 Å². The van der Waals surface area contributed by atoms with Crippen molar-refractivity contribution in [3.05, 3.63) is 82.9 Å². The number of carbonyl (C=O) groups is 1. The lowest BCUT2D eigenvalue weighted by Crippen LogP contribution is -2.48. The average molecular weight is 404 g/mol. The maximum absolute atomic E-state index is 13.0. The van der Waals surface area contributed by atoms with Gasteiger partial charge in [0.1, 0.15) is 9.88 Å². The molecule has 1 saturated heterocycles. The van der Waals surface area contributed by atoms with Gasteiger partial charge in [0.25, 0.3) is 5.91 Å². The third-order valence-electron chi connectivity index (χ3n) is 5.14. The maximum Gasteiger partial charge on any atom is 0.265 e. The quantitative estimate of drug-likeness (QED) is 0.625. The van der Waals surface area contributed by atoms with Gasteiger partial charge in [-0.3, -0.25) is 9.69 Å². The highest BCUT2D eigenvalue weighted by atomic mass is 32.1. The van der Waals surface area contributed by atoms with Crippen molar-refractivity contribution in [3.8, 4) is 10.6 Å². The van der Waals surface area contributed by atoms with Crippen molar-refractivity contribution >= 4 is 23.3 Å². The fourth-order valence-corrected chi connectivity index (χ4v) is 4.52. The van der Waals surface area contributed by atoms with Crippen molar-refractivity contribution in [2.45, 2.75) is 6.92 Å². The minimum absolute atomic E-state index is 0.113. The van der Waals surface area contributed by atoms with Gasteiger partial charge in [0.05, 0.1) is 5.69 Å². The van der Waals surface area contributed by atoms with E-state index in [2.05, 4.69) is 46.3 Å². The molecule has 0 N–H and O–H groups in total. The summed E-state index contributed by atoms with van der Waals surface area (Å²) < 4.78 is 0. The SMILES string of the molecule is Cc1nc(-c2ccccc2)sc1C(=O)N1CCN(C/C=C/c2ccccc2)CC1. The Morgan fingerprint density at radius 2 is 1.66 bits per heavy atom. The molecule has 29 heavy (non-hydrogen) atoms. The number of nitrogens with zero attached hydrogens (tertiary/aromatic N) is 3. The first-order valence-corrected chi connectivity index (χ1v) is 10.8. The van der Waals surface area contributed by atoms with Crippen LogP contribution in [0.25, 0.3) is 16.6 Å². The second-order valence-electron chi connectivity index (χ2n) is 7.21. The molecule has 4 rings (SSSR count). The summed E-state index contributed by atoms with van der Waals surface area (Å²) in [5.41, 5.74) is 3.11. The van der Waals surface area contributed by atoms with Gasteiger partial charge in [-0.2, -0.15) is 0 Å². The van der Waals surface area contributed by atoms with E-state index in [-0.39, 0.29) is 5.91 Å². The first kappa shape index (κ1) is 19.6. The number of carbonyl (C=O) groups excluding carboxylic acids is 1. The Hall–Kier alpha value is -2.76. The molecule has 0 aliphatic carbocycles. The van der Waals surface area contributed by atoms with Crippen LogP contribution in [0.2, 0.25) is 0 Å². The molecular weight excluding hydrogens is 378 g/mol. The molecule has 148 valence electrons. The highest BCUT2D eigenvalue weighted by Crippen LogP contribution is 2.28. The zero-order valence-corrected chi connectivity index (χ0v) is 17.4. The molecule has 5 heteroatoms. The Bertz CT molecular complexity index is 974. The van der Waals surface area contributed by atoms with E-state index in [4.69, 9.17) is 0 Å². The molecule has 2 aromatic carbocycles. The van der Waals surface area contributed by atoms with E-state index in [1.807, 2.05) is 48.2 Å². The minimum atomic E-state index is 0.113. The van der Waals surface area contributed by atoms with E-state index < -0.39 is 0 Å². The third kappa shape index (κ3) is 4.81. The second-order valence-corrected chi connectivity index (χ2v) is 8.20. The fraction of sp³-hybridized carbons (Fsp3) is 0.250. The number of aromatic nitrogens is 1. The number of rotatable bonds is 5. The molecule has 0 bridgehead atoms. The number of hydrogen-bond acceptors (Lipinski definition) is 4. The average Bonchev–Trinajstić information content (AvgIpc) is 3.17. The van der Waals surface area contributed by atoms with Crippen LogP contribution in [-0.2, 0) is 0 Å². The summed E-state index contributed by atoms with van der Waals surface area (Å²) in [5.74, 6) is 0.113. The molecule has 1 fully saturated rings. The Balaban J connectivity index is 1.33. The standard InChI is InChI=1S/C24H25N3OS/c1-19-22(29-23(25-19)21-12-6-3-7-13-21)24(28)27-17-15-26(16-18-27)14-8-11-20-9-4-2-5-10-20/h2-13H,14-18H2,1H3/b11-8+. The largest absolute Gasteiger partial charge is 0.335 e. The van der Waals surface area contributed by atoms with Gasteiger partial charge in [0, 0.05) is 38.3 Å². The van der Waals surface area contributed by atoms with Crippen molar-refractivity contribution in [1.29, 1.82) is 0 Å². The van der Waals surface area contributed by atoms with Gasteiger partial charge in [-0.15, -0.1) is 11.3 Å². The van der Waals surface area contributed by atoms with Gasteiger partial charge < -0.3 is 4.90 Å². The van der Waals surface area contributed by atoms with E-state index in [0.717, 1.165) is 53.9 Å². The van der Waals surface area contributed by atoms with Crippen molar-refractivity contribution < 1.29 is 4.79 Å². The predicted molar refractivity (Wildman–Crippen MR) is 120 cm³/mol. The lowest BCUT2D eigenvalue weighted by atomic mass is 10.2. The van der Waals surface area contributed by atoms with Crippen LogP contribution in [0.1, 0.15) is 20.9 Å². The van der Waals surface area contributed by atoms with Crippen LogP contribution in [-0.4, -0.2) is 53.4 Å². The van der Waals surface area contributed by atoms with Crippen LogP contribution < -0.4 is 0 Å². The second kappa shape index (κ2) is 9.16.